The Balaban J connectivity index is 4.19. The fraction of sp³-hybridized carbons (Fsp3) is 0.675. The molecule has 0 saturated carbocycles. The van der Waals surface area contributed by atoms with Crippen molar-refractivity contribution in [3.63, 3.8) is 0 Å². The number of aliphatic hydroxyl groups excluding tert-OH is 2. The number of carbonyl (C=O) groups excluding carboxylic acids is 10. The number of hydroxylamine groups is 4. The summed E-state index contributed by atoms with van der Waals surface area (Å²) in [5.74, 6) is -12.6. The summed E-state index contributed by atoms with van der Waals surface area (Å²) in [6, 6.07) is -11.5. The van der Waals surface area contributed by atoms with E-state index in [0.717, 1.165) is 13.8 Å². The SMILES string of the molecule is C/C=C/CCC(=O)NC(CCCN(O)C=O)C1OC(=O)C(CCCN(O)C(C)=O)NC(=O)C(CCCNC(N)=O)NC(=O)C(CCCN)NC(=O)C(CO)NC(=O)C(C(O)C(=O)O)NC(=O)C1C. The molecule has 0 aliphatic carbocycles. The van der Waals surface area contributed by atoms with Crippen molar-refractivity contribution in [2.24, 2.45) is 17.4 Å². The van der Waals surface area contributed by atoms with Crippen LogP contribution in [0, 0.1) is 5.92 Å². The predicted molar refractivity (Wildman–Crippen MR) is 233 cm³/mol. The van der Waals surface area contributed by atoms with E-state index in [9.17, 15) is 78.5 Å². The molecule has 0 spiro atoms. The molecule has 10 amide bonds. The van der Waals surface area contributed by atoms with Crippen LogP contribution in [0.3, 0.4) is 0 Å². The zero-order chi connectivity index (χ0) is 51.5. The molecule has 68 heavy (non-hydrogen) atoms. The Bertz CT molecular complexity index is 1770. The molecule has 1 heterocycles. The maximum Gasteiger partial charge on any atom is 0.335 e. The third kappa shape index (κ3) is 21.4. The molecule has 28 heteroatoms. The van der Waals surface area contributed by atoms with Crippen molar-refractivity contribution in [2.45, 2.75) is 133 Å². The molecule has 0 bridgehead atoms. The molecule has 1 aliphatic heterocycles. The van der Waals surface area contributed by atoms with Crippen molar-refractivity contribution in [1.29, 1.82) is 0 Å². The number of carboxylic acid groups (broad SMARTS) is 1. The highest BCUT2D eigenvalue weighted by atomic mass is 16.5. The Morgan fingerprint density at radius 3 is 1.94 bits per heavy atom. The monoisotopic (exact) mass is 973 g/mol. The summed E-state index contributed by atoms with van der Waals surface area (Å²) < 4.78 is 5.94. The van der Waals surface area contributed by atoms with Crippen LogP contribution in [0.2, 0.25) is 0 Å². The molecule has 28 nitrogen and oxygen atoms in total. The molecular formula is C40H67N11O17. The van der Waals surface area contributed by atoms with Gasteiger partial charge >= 0.3 is 18.0 Å². The van der Waals surface area contributed by atoms with Crippen LogP contribution in [0.5, 0.6) is 0 Å². The van der Waals surface area contributed by atoms with Crippen LogP contribution in [-0.4, -0.2) is 183 Å². The number of hydrogen-bond acceptors (Lipinski definition) is 17. The Morgan fingerprint density at radius 1 is 0.824 bits per heavy atom. The lowest BCUT2D eigenvalue weighted by Crippen LogP contribution is -2.62. The van der Waals surface area contributed by atoms with Crippen molar-refractivity contribution in [3.8, 4) is 0 Å². The van der Waals surface area contributed by atoms with E-state index in [0.29, 0.717) is 5.06 Å². The molecule has 9 unspecified atom stereocenters. The number of nitrogens with zero attached hydrogens (tertiary/aromatic N) is 2. The standard InChI is InChI=1S/C40H67N11O17/c1-4-5-6-15-29(55)44-24(13-9-18-50(66)21-53)32-22(2)33(57)49-30(31(56)38(62)63)37(61)48-28(20-52)36(60)46-25(11-7-16-41)34(58)45-26(12-8-17-43-40(42)65)35(59)47-27(39(64)68-32)14-10-19-51(67)23(3)54/h4-5,21-22,24-28,30-32,52,56,66-67H,6-20,41H2,1-3H3,(H,44,55)(H,45,58)(H,46,60)(H,47,59)(H,48,61)(H,49,57)(H,62,63)(H3,42,43,65)/b5-4+. The fourth-order valence-electron chi connectivity index (χ4n) is 6.62. The Hall–Kier alpha value is -6.49. The maximum atomic E-state index is 14.5. The second kappa shape index (κ2) is 31.5. The van der Waals surface area contributed by atoms with Crippen molar-refractivity contribution >= 4 is 65.7 Å². The Morgan fingerprint density at radius 2 is 1.40 bits per heavy atom. The van der Waals surface area contributed by atoms with E-state index < -0.39 is 127 Å². The van der Waals surface area contributed by atoms with Crippen LogP contribution < -0.4 is 48.7 Å². The number of urea groups is 1. The zero-order valence-electron chi connectivity index (χ0n) is 38.2. The first kappa shape index (κ1) is 59.5. The van der Waals surface area contributed by atoms with E-state index in [1.165, 1.54) is 0 Å². The van der Waals surface area contributed by atoms with Crippen LogP contribution >= 0.6 is 0 Å². The number of esters is 1. The summed E-state index contributed by atoms with van der Waals surface area (Å²) in [6.45, 7) is 1.86. The van der Waals surface area contributed by atoms with E-state index in [1.54, 1.807) is 19.1 Å². The lowest BCUT2D eigenvalue weighted by atomic mass is 9.92. The summed E-state index contributed by atoms with van der Waals surface area (Å²) in [7, 11) is 0. The van der Waals surface area contributed by atoms with Crippen molar-refractivity contribution in [3.05, 3.63) is 12.2 Å². The number of allylic oxidation sites excluding steroid dienone is 2. The molecule has 1 saturated heterocycles. The number of ether oxygens (including phenoxy) is 1. The minimum Gasteiger partial charge on any atom is -0.479 e. The second-order valence-corrected chi connectivity index (χ2v) is 15.7. The zero-order valence-corrected chi connectivity index (χ0v) is 38.2. The summed E-state index contributed by atoms with van der Waals surface area (Å²) in [5.41, 5.74) is 10.8. The number of aliphatic hydroxyl groups is 2. The lowest BCUT2D eigenvalue weighted by molar-refractivity contribution is -0.164. The molecule has 0 radical (unpaired) electrons. The molecule has 0 aromatic rings. The van der Waals surface area contributed by atoms with Gasteiger partial charge < -0.3 is 68.7 Å². The fourth-order valence-corrected chi connectivity index (χ4v) is 6.62. The van der Waals surface area contributed by atoms with Crippen molar-refractivity contribution in [2.75, 3.05) is 32.8 Å². The number of hydrogen-bond donors (Lipinski definition) is 14. The van der Waals surface area contributed by atoms with Gasteiger partial charge in [0.05, 0.1) is 18.6 Å². The number of rotatable bonds is 24. The quantitative estimate of drug-likeness (QED) is 0.0108. The average Bonchev–Trinajstić information content (AvgIpc) is 3.29. The maximum absolute atomic E-state index is 14.5. The Kier molecular flexibility index (Phi) is 27.6. The molecule has 0 aromatic carbocycles. The van der Waals surface area contributed by atoms with Crippen LogP contribution in [-0.2, 0) is 52.7 Å². The van der Waals surface area contributed by atoms with Gasteiger partial charge in [0.2, 0.25) is 47.8 Å². The van der Waals surface area contributed by atoms with Gasteiger partial charge in [-0.2, -0.15) is 0 Å². The molecule has 1 fully saturated rings. The van der Waals surface area contributed by atoms with Gasteiger partial charge in [0.1, 0.15) is 36.3 Å². The van der Waals surface area contributed by atoms with Gasteiger partial charge in [-0.25, -0.2) is 24.5 Å². The second-order valence-electron chi connectivity index (χ2n) is 15.7. The van der Waals surface area contributed by atoms with Gasteiger partial charge in [-0.15, -0.1) is 0 Å². The topological polar surface area (TPSA) is 441 Å². The molecule has 1 rings (SSSR count). The molecule has 9 atom stereocenters. The van der Waals surface area contributed by atoms with Crippen molar-refractivity contribution in [1.82, 2.24) is 47.3 Å². The number of aliphatic carboxylic acids is 1. The smallest absolute Gasteiger partial charge is 0.335 e. The summed E-state index contributed by atoms with van der Waals surface area (Å²) in [5, 5.41) is 67.4. The number of cyclic esters (lactones) is 1. The van der Waals surface area contributed by atoms with E-state index >= 15 is 0 Å². The number of carbonyl (C=O) groups is 11. The largest absolute Gasteiger partial charge is 0.479 e. The number of carboxylic acids is 1. The van der Waals surface area contributed by atoms with E-state index in [2.05, 4.69) is 31.9 Å². The van der Waals surface area contributed by atoms with Gasteiger partial charge in [0, 0.05) is 33.0 Å². The van der Waals surface area contributed by atoms with Crippen molar-refractivity contribution < 1.29 is 83.2 Å². The molecule has 1 aliphatic rings. The van der Waals surface area contributed by atoms with Crippen LogP contribution in [0.25, 0.3) is 0 Å². The van der Waals surface area contributed by atoms with E-state index in [-0.39, 0.29) is 95.4 Å². The summed E-state index contributed by atoms with van der Waals surface area (Å²) in [6.07, 6.45) is -2.40. The van der Waals surface area contributed by atoms with Crippen LogP contribution in [0.15, 0.2) is 12.2 Å². The minimum absolute atomic E-state index is 0.00552. The third-order valence-electron chi connectivity index (χ3n) is 10.4. The molecular weight excluding hydrogens is 906 g/mol. The molecule has 384 valence electrons. The van der Waals surface area contributed by atoms with Crippen LogP contribution in [0.1, 0.15) is 85.0 Å². The summed E-state index contributed by atoms with van der Waals surface area (Å²) >= 11 is 0. The molecule has 16 N–H and O–H groups in total. The first-order chi connectivity index (χ1) is 32.1. The summed E-state index contributed by atoms with van der Waals surface area (Å²) in [4.78, 5) is 144. The lowest BCUT2D eigenvalue weighted by Gasteiger charge is -2.34. The first-order valence-corrected chi connectivity index (χ1v) is 21.9. The van der Waals surface area contributed by atoms with Crippen LogP contribution in [0.4, 0.5) is 4.79 Å². The highest BCUT2D eigenvalue weighted by molar-refractivity contribution is 5.98. The van der Waals surface area contributed by atoms with Gasteiger partial charge in [0.15, 0.2) is 6.10 Å². The number of nitrogens with two attached hydrogens (primary N) is 2. The van der Waals surface area contributed by atoms with Gasteiger partial charge in [-0.3, -0.25) is 48.8 Å². The highest BCUT2D eigenvalue weighted by Gasteiger charge is 2.42. The number of amides is 10. The third-order valence-corrected chi connectivity index (χ3v) is 10.4. The average molecular weight is 974 g/mol. The Labute approximate surface area is 391 Å². The van der Waals surface area contributed by atoms with Gasteiger partial charge in [-0.1, -0.05) is 12.2 Å². The van der Waals surface area contributed by atoms with E-state index in [1.807, 2.05) is 5.32 Å². The minimum atomic E-state index is -2.72. The number of nitrogens with one attached hydrogen (secondary N) is 7. The predicted octanol–water partition coefficient (Wildman–Crippen LogP) is -4.92. The van der Waals surface area contributed by atoms with Gasteiger partial charge in [-0.05, 0) is 78.2 Å². The molecule has 0 aromatic heterocycles. The first-order valence-electron chi connectivity index (χ1n) is 21.9. The highest BCUT2D eigenvalue weighted by Crippen LogP contribution is 2.20. The van der Waals surface area contributed by atoms with Gasteiger partial charge in [0.25, 0.3) is 0 Å². The van der Waals surface area contributed by atoms with E-state index in [4.69, 9.17) is 16.2 Å². The normalized spacial score (nSPS) is 23.1. The number of primary amides is 1.